The Morgan fingerprint density at radius 3 is 2.45 bits per heavy atom. The van der Waals surface area contributed by atoms with Crippen LogP contribution in [0.25, 0.3) is 0 Å². The van der Waals surface area contributed by atoms with Gasteiger partial charge in [-0.2, -0.15) is 0 Å². The van der Waals surface area contributed by atoms with Crippen LogP contribution >= 0.6 is 0 Å². The molecule has 10 nitrogen and oxygen atoms in total. The largest absolute Gasteiger partial charge is 0.497 e. The molecule has 1 saturated carbocycles. The molecule has 2 aliphatic rings. The minimum atomic E-state index is -0.442. The summed E-state index contributed by atoms with van der Waals surface area (Å²) in [6, 6.07) is 11.3. The van der Waals surface area contributed by atoms with Crippen LogP contribution < -0.4 is 20.1 Å². The fourth-order valence-corrected chi connectivity index (χ4v) is 5.55. The number of hydrogen-bond acceptors (Lipinski definition) is 7. The average Bonchev–Trinajstić information content (AvgIpc) is 3.82. The van der Waals surface area contributed by atoms with Crippen LogP contribution in [-0.4, -0.2) is 92.1 Å². The van der Waals surface area contributed by atoms with E-state index in [0.29, 0.717) is 41.6 Å². The number of likely N-dealkylation sites (N-methyl/N-ethyl adjacent to an activating group) is 1. The number of aliphatic hydroxyl groups excluding tert-OH is 1. The van der Waals surface area contributed by atoms with Gasteiger partial charge in [-0.05, 0) is 101 Å². The number of anilines is 2. The highest BCUT2D eigenvalue weighted by Gasteiger charge is 2.31. The number of fused-ring (bicyclic) bond motifs is 1. The van der Waals surface area contributed by atoms with Gasteiger partial charge in [-0.25, -0.2) is 4.79 Å². The van der Waals surface area contributed by atoms with Crippen molar-refractivity contribution in [1.29, 1.82) is 0 Å². The van der Waals surface area contributed by atoms with Gasteiger partial charge in [0.1, 0.15) is 11.5 Å². The lowest BCUT2D eigenvalue weighted by molar-refractivity contribution is -0.0172. The minimum Gasteiger partial charge on any atom is -0.497 e. The standard InChI is InChI=1S/C34H50N4O6/c1-23-19-38(24(2)22-39)33(40)30-18-28(36-34(41)35-27-11-14-29(42-5)15-12-27)13-16-31(30)44-25(3)8-6-7-17-43-32(23)21-37(4)20-26-9-10-26/h11-16,18,23-26,32,39H,6-10,17,19-22H2,1-5H3,(H2,35,36,41)/t23-,24-,25+,32+/m1/s1. The number of urea groups is 1. The van der Waals surface area contributed by atoms with Crippen molar-refractivity contribution in [2.45, 2.75) is 71.1 Å². The van der Waals surface area contributed by atoms with Crippen LogP contribution in [0.5, 0.6) is 11.5 Å². The molecule has 2 aromatic carbocycles. The molecule has 44 heavy (non-hydrogen) atoms. The number of rotatable bonds is 9. The summed E-state index contributed by atoms with van der Waals surface area (Å²) in [5.74, 6) is 1.69. The van der Waals surface area contributed by atoms with Crippen LogP contribution in [0.2, 0.25) is 0 Å². The highest BCUT2D eigenvalue weighted by atomic mass is 16.5. The van der Waals surface area contributed by atoms with E-state index in [0.717, 1.165) is 38.3 Å². The Balaban J connectivity index is 1.57. The van der Waals surface area contributed by atoms with Gasteiger partial charge < -0.3 is 39.8 Å². The molecule has 0 unspecified atom stereocenters. The van der Waals surface area contributed by atoms with Crippen molar-refractivity contribution < 1.29 is 28.9 Å². The summed E-state index contributed by atoms with van der Waals surface area (Å²) in [4.78, 5) is 31.2. The first-order valence-corrected chi connectivity index (χ1v) is 15.9. The number of nitrogens with zero attached hydrogens (tertiary/aromatic N) is 2. The molecule has 1 heterocycles. The molecule has 0 spiro atoms. The lowest BCUT2D eigenvalue weighted by atomic mass is 10.0. The summed E-state index contributed by atoms with van der Waals surface area (Å²) >= 11 is 0. The fraction of sp³-hybridized carbons (Fsp3) is 0.588. The van der Waals surface area contributed by atoms with Crippen molar-refractivity contribution >= 4 is 23.3 Å². The second-order valence-electron chi connectivity index (χ2n) is 12.5. The van der Waals surface area contributed by atoms with E-state index in [-0.39, 0.29) is 30.6 Å². The zero-order chi connectivity index (χ0) is 31.6. The van der Waals surface area contributed by atoms with Crippen molar-refractivity contribution in [1.82, 2.24) is 9.80 Å². The SMILES string of the molecule is COc1ccc(NC(=O)Nc2ccc3c(c2)C(=O)N([C@H](C)CO)C[C@@H](C)[C@H](CN(C)CC2CC2)OCCCC[C@H](C)O3)cc1. The molecule has 0 radical (unpaired) electrons. The first-order chi connectivity index (χ1) is 21.2. The van der Waals surface area contributed by atoms with Crippen LogP contribution in [0, 0.1) is 11.8 Å². The molecule has 4 rings (SSSR count). The van der Waals surface area contributed by atoms with Crippen LogP contribution in [0.4, 0.5) is 16.2 Å². The van der Waals surface area contributed by atoms with Gasteiger partial charge in [-0.3, -0.25) is 4.79 Å². The summed E-state index contributed by atoms with van der Waals surface area (Å²) in [5, 5.41) is 15.8. The monoisotopic (exact) mass is 610 g/mol. The molecule has 1 aliphatic heterocycles. The number of aliphatic hydroxyl groups is 1. The van der Waals surface area contributed by atoms with Gasteiger partial charge in [-0.1, -0.05) is 6.92 Å². The van der Waals surface area contributed by atoms with E-state index in [2.05, 4.69) is 29.5 Å². The Kier molecular flexibility index (Phi) is 12.3. The Hall–Kier alpha value is -3.34. The summed E-state index contributed by atoms with van der Waals surface area (Å²) in [6.45, 7) is 8.71. The second kappa shape index (κ2) is 16.1. The summed E-state index contributed by atoms with van der Waals surface area (Å²) < 4.78 is 17.9. The molecule has 4 atom stereocenters. The van der Waals surface area contributed by atoms with E-state index in [1.807, 2.05) is 13.8 Å². The van der Waals surface area contributed by atoms with E-state index in [1.54, 1.807) is 54.5 Å². The quantitative estimate of drug-likeness (QED) is 0.345. The summed E-state index contributed by atoms with van der Waals surface area (Å²) in [6.07, 6.45) is 5.11. The minimum absolute atomic E-state index is 0.0254. The van der Waals surface area contributed by atoms with Crippen LogP contribution in [0.3, 0.4) is 0 Å². The van der Waals surface area contributed by atoms with E-state index < -0.39 is 12.1 Å². The van der Waals surface area contributed by atoms with Crippen LogP contribution in [-0.2, 0) is 4.74 Å². The molecule has 242 valence electrons. The van der Waals surface area contributed by atoms with Gasteiger partial charge >= 0.3 is 6.03 Å². The molecule has 0 saturated heterocycles. The summed E-state index contributed by atoms with van der Waals surface area (Å²) in [7, 11) is 3.73. The van der Waals surface area contributed by atoms with Crippen molar-refractivity contribution in [3.63, 3.8) is 0 Å². The van der Waals surface area contributed by atoms with Gasteiger partial charge in [0.25, 0.3) is 5.91 Å². The number of carbonyl (C=O) groups is 2. The molecular formula is C34H50N4O6. The maximum Gasteiger partial charge on any atom is 0.323 e. The van der Waals surface area contributed by atoms with E-state index in [1.165, 1.54) is 12.8 Å². The topological polar surface area (TPSA) is 113 Å². The highest BCUT2D eigenvalue weighted by Crippen LogP contribution is 2.31. The predicted molar refractivity (Wildman–Crippen MR) is 173 cm³/mol. The Labute approximate surface area is 262 Å². The maximum absolute atomic E-state index is 14.3. The molecule has 0 aromatic heterocycles. The molecule has 1 fully saturated rings. The van der Waals surface area contributed by atoms with Crippen molar-refractivity contribution in [2.75, 3.05) is 57.6 Å². The first-order valence-electron chi connectivity index (χ1n) is 15.9. The average molecular weight is 611 g/mol. The number of methoxy groups -OCH3 is 1. The van der Waals surface area contributed by atoms with Crippen molar-refractivity contribution in [3.05, 3.63) is 48.0 Å². The zero-order valence-electron chi connectivity index (χ0n) is 26.9. The van der Waals surface area contributed by atoms with Gasteiger partial charge in [-0.15, -0.1) is 0 Å². The van der Waals surface area contributed by atoms with Crippen molar-refractivity contribution in [3.8, 4) is 11.5 Å². The van der Waals surface area contributed by atoms with Gasteiger partial charge in [0.15, 0.2) is 0 Å². The first kappa shape index (κ1) is 33.6. The highest BCUT2D eigenvalue weighted by molar-refractivity contribution is 6.02. The molecule has 3 N–H and O–H groups in total. The predicted octanol–water partition coefficient (Wildman–Crippen LogP) is 5.48. The zero-order valence-corrected chi connectivity index (χ0v) is 26.9. The van der Waals surface area contributed by atoms with Gasteiger partial charge in [0.05, 0.1) is 37.5 Å². The normalized spacial score (nSPS) is 22.4. The Bertz CT molecular complexity index is 1220. The number of ether oxygens (including phenoxy) is 3. The van der Waals surface area contributed by atoms with Crippen LogP contribution in [0.15, 0.2) is 42.5 Å². The summed E-state index contributed by atoms with van der Waals surface area (Å²) in [5.41, 5.74) is 1.39. The van der Waals surface area contributed by atoms with Crippen molar-refractivity contribution in [2.24, 2.45) is 11.8 Å². The molecule has 1 aliphatic carbocycles. The number of carbonyl (C=O) groups excluding carboxylic acids is 2. The third kappa shape index (κ3) is 9.84. The number of benzene rings is 2. The smallest absolute Gasteiger partial charge is 0.323 e. The fourth-order valence-electron chi connectivity index (χ4n) is 5.55. The van der Waals surface area contributed by atoms with Crippen LogP contribution in [0.1, 0.15) is 63.2 Å². The second-order valence-corrected chi connectivity index (χ2v) is 12.5. The molecule has 10 heteroatoms. The third-order valence-corrected chi connectivity index (χ3v) is 8.42. The third-order valence-electron chi connectivity index (χ3n) is 8.42. The van der Waals surface area contributed by atoms with E-state index in [9.17, 15) is 14.7 Å². The Morgan fingerprint density at radius 1 is 1.07 bits per heavy atom. The molecule has 0 bridgehead atoms. The number of hydrogen-bond donors (Lipinski definition) is 3. The Morgan fingerprint density at radius 2 is 1.77 bits per heavy atom. The molecule has 3 amide bonds. The van der Waals surface area contributed by atoms with Gasteiger partial charge in [0, 0.05) is 43.5 Å². The lowest BCUT2D eigenvalue weighted by Gasteiger charge is -2.36. The van der Waals surface area contributed by atoms with E-state index in [4.69, 9.17) is 14.2 Å². The molecule has 2 aromatic rings. The molecular weight excluding hydrogens is 560 g/mol. The van der Waals surface area contributed by atoms with Gasteiger partial charge in [0.2, 0.25) is 0 Å². The number of nitrogens with one attached hydrogen (secondary N) is 2. The number of amides is 3. The lowest BCUT2D eigenvalue weighted by Crippen LogP contribution is -2.47. The maximum atomic E-state index is 14.3. The van der Waals surface area contributed by atoms with E-state index >= 15 is 0 Å².